The van der Waals surface area contributed by atoms with Crippen LogP contribution in [-0.2, 0) is 0 Å². The number of nitrogens with zero attached hydrogens (tertiary/aromatic N) is 1. The van der Waals surface area contributed by atoms with Crippen molar-refractivity contribution < 1.29 is 0 Å². The Morgan fingerprint density at radius 1 is 1.38 bits per heavy atom. The van der Waals surface area contributed by atoms with Crippen molar-refractivity contribution in [2.75, 3.05) is 26.2 Å². The van der Waals surface area contributed by atoms with Crippen molar-refractivity contribution in [3.8, 4) is 0 Å². The van der Waals surface area contributed by atoms with Crippen LogP contribution in [0.25, 0.3) is 0 Å². The maximum atomic E-state index is 3.44. The molecular weight excluding hydrogens is 160 g/mol. The lowest BCUT2D eigenvalue weighted by Gasteiger charge is -2.31. The molecule has 0 aromatic carbocycles. The first-order chi connectivity index (χ1) is 6.04. The molecule has 1 heterocycles. The van der Waals surface area contributed by atoms with E-state index in [1.54, 1.807) is 0 Å². The first-order valence-electron chi connectivity index (χ1n) is 5.50. The fourth-order valence-electron chi connectivity index (χ4n) is 1.96. The zero-order valence-corrected chi connectivity index (χ0v) is 9.56. The minimum Gasteiger partial charge on any atom is -0.317 e. The molecule has 0 amide bonds. The van der Waals surface area contributed by atoms with Crippen molar-refractivity contribution in [2.24, 2.45) is 5.92 Å². The summed E-state index contributed by atoms with van der Waals surface area (Å²) < 4.78 is 0. The van der Waals surface area contributed by atoms with E-state index in [0.717, 1.165) is 12.5 Å². The molecule has 2 heteroatoms. The summed E-state index contributed by atoms with van der Waals surface area (Å²) >= 11 is 0. The van der Waals surface area contributed by atoms with Crippen LogP contribution in [0.15, 0.2) is 0 Å². The van der Waals surface area contributed by atoms with Gasteiger partial charge in [-0.3, -0.25) is 4.90 Å². The lowest BCUT2D eigenvalue weighted by molar-refractivity contribution is 0.168. The number of likely N-dealkylation sites (tertiary alicyclic amines) is 1. The molecule has 2 nitrogen and oxygen atoms in total. The van der Waals surface area contributed by atoms with Crippen molar-refractivity contribution in [1.82, 2.24) is 10.2 Å². The zero-order chi connectivity index (χ0) is 9.90. The molecule has 1 N–H and O–H groups in total. The van der Waals surface area contributed by atoms with Gasteiger partial charge in [-0.25, -0.2) is 0 Å². The van der Waals surface area contributed by atoms with Gasteiger partial charge in [-0.15, -0.1) is 0 Å². The largest absolute Gasteiger partial charge is 0.317 e. The Labute approximate surface area is 82.7 Å². The first-order valence-corrected chi connectivity index (χ1v) is 5.50. The minimum atomic E-state index is 0.362. The van der Waals surface area contributed by atoms with Crippen LogP contribution in [0.5, 0.6) is 0 Å². The quantitative estimate of drug-likeness (QED) is 0.718. The molecule has 0 aromatic heterocycles. The highest BCUT2D eigenvalue weighted by molar-refractivity contribution is 4.85. The van der Waals surface area contributed by atoms with Gasteiger partial charge in [0, 0.05) is 12.1 Å². The molecule has 1 fully saturated rings. The fraction of sp³-hybridized carbons (Fsp3) is 1.00. The standard InChI is InChI=1S/C11H24N2/c1-5-12-8-10-6-7-13(9-10)11(2,3)4/h10,12H,5-9H2,1-4H3/t10-/m0/s1. The summed E-state index contributed by atoms with van der Waals surface area (Å²) in [5.74, 6) is 0.874. The molecule has 1 aliphatic heterocycles. The van der Waals surface area contributed by atoms with Crippen LogP contribution in [0.2, 0.25) is 0 Å². The third kappa shape index (κ3) is 3.28. The maximum Gasteiger partial charge on any atom is 0.0125 e. The van der Waals surface area contributed by atoms with Crippen LogP contribution in [0.4, 0.5) is 0 Å². The molecule has 1 saturated heterocycles. The molecule has 0 radical (unpaired) electrons. The van der Waals surface area contributed by atoms with Crippen molar-refractivity contribution in [3.05, 3.63) is 0 Å². The van der Waals surface area contributed by atoms with E-state index in [0.29, 0.717) is 5.54 Å². The number of nitrogens with one attached hydrogen (secondary N) is 1. The molecule has 0 aliphatic carbocycles. The Kier molecular flexibility index (Phi) is 3.74. The van der Waals surface area contributed by atoms with Crippen LogP contribution in [0, 0.1) is 5.92 Å². The van der Waals surface area contributed by atoms with E-state index in [4.69, 9.17) is 0 Å². The normalized spacial score (nSPS) is 25.4. The molecule has 78 valence electrons. The molecule has 0 spiro atoms. The van der Waals surface area contributed by atoms with Crippen molar-refractivity contribution in [3.63, 3.8) is 0 Å². The molecule has 13 heavy (non-hydrogen) atoms. The van der Waals surface area contributed by atoms with Gasteiger partial charge in [0.1, 0.15) is 0 Å². The van der Waals surface area contributed by atoms with Crippen molar-refractivity contribution in [2.45, 2.75) is 39.7 Å². The van der Waals surface area contributed by atoms with Crippen LogP contribution in [-0.4, -0.2) is 36.6 Å². The van der Waals surface area contributed by atoms with Crippen LogP contribution < -0.4 is 5.32 Å². The van der Waals surface area contributed by atoms with Gasteiger partial charge in [0.05, 0.1) is 0 Å². The second-order valence-corrected chi connectivity index (χ2v) is 5.08. The van der Waals surface area contributed by atoms with Gasteiger partial charge >= 0.3 is 0 Å². The highest BCUT2D eigenvalue weighted by Crippen LogP contribution is 2.23. The van der Waals surface area contributed by atoms with Crippen LogP contribution >= 0.6 is 0 Å². The summed E-state index contributed by atoms with van der Waals surface area (Å²) in [6, 6.07) is 0. The molecule has 0 bridgehead atoms. The molecular formula is C11H24N2. The Morgan fingerprint density at radius 3 is 2.54 bits per heavy atom. The first kappa shape index (κ1) is 11.0. The average Bonchev–Trinajstić information content (AvgIpc) is 2.47. The number of rotatable bonds is 3. The summed E-state index contributed by atoms with van der Waals surface area (Å²) in [6.45, 7) is 14.0. The third-order valence-corrected chi connectivity index (χ3v) is 2.92. The highest BCUT2D eigenvalue weighted by Gasteiger charge is 2.29. The monoisotopic (exact) mass is 184 g/mol. The van der Waals surface area contributed by atoms with E-state index in [9.17, 15) is 0 Å². The van der Waals surface area contributed by atoms with Crippen molar-refractivity contribution >= 4 is 0 Å². The summed E-state index contributed by atoms with van der Waals surface area (Å²) in [5.41, 5.74) is 0.362. The smallest absolute Gasteiger partial charge is 0.0125 e. The predicted molar refractivity (Wildman–Crippen MR) is 58.0 cm³/mol. The van der Waals surface area contributed by atoms with Gasteiger partial charge < -0.3 is 5.32 Å². The lowest BCUT2D eigenvalue weighted by atomic mass is 10.1. The van der Waals surface area contributed by atoms with E-state index in [1.165, 1.54) is 26.1 Å². The zero-order valence-electron chi connectivity index (χ0n) is 9.56. The van der Waals surface area contributed by atoms with Crippen molar-refractivity contribution in [1.29, 1.82) is 0 Å². The second kappa shape index (κ2) is 4.43. The van der Waals surface area contributed by atoms with E-state index in [2.05, 4.69) is 37.9 Å². The van der Waals surface area contributed by atoms with Gasteiger partial charge in [-0.1, -0.05) is 6.92 Å². The van der Waals surface area contributed by atoms with Gasteiger partial charge in [0.25, 0.3) is 0 Å². The van der Waals surface area contributed by atoms with Gasteiger partial charge in [-0.2, -0.15) is 0 Å². The van der Waals surface area contributed by atoms with Crippen LogP contribution in [0.3, 0.4) is 0 Å². The summed E-state index contributed by atoms with van der Waals surface area (Å²) in [5, 5.41) is 3.44. The second-order valence-electron chi connectivity index (χ2n) is 5.08. The molecule has 0 saturated carbocycles. The lowest BCUT2D eigenvalue weighted by Crippen LogP contribution is -2.40. The molecule has 0 unspecified atom stereocenters. The summed E-state index contributed by atoms with van der Waals surface area (Å²) in [6.07, 6.45) is 1.37. The molecule has 1 atom stereocenters. The van der Waals surface area contributed by atoms with E-state index in [1.807, 2.05) is 0 Å². The van der Waals surface area contributed by atoms with Gasteiger partial charge in [-0.05, 0) is 52.7 Å². The van der Waals surface area contributed by atoms with E-state index < -0.39 is 0 Å². The average molecular weight is 184 g/mol. The summed E-state index contributed by atoms with van der Waals surface area (Å²) in [7, 11) is 0. The Hall–Kier alpha value is -0.0800. The third-order valence-electron chi connectivity index (χ3n) is 2.92. The van der Waals surface area contributed by atoms with Gasteiger partial charge in [0.2, 0.25) is 0 Å². The topological polar surface area (TPSA) is 15.3 Å². The minimum absolute atomic E-state index is 0.362. The molecule has 1 aliphatic rings. The molecule has 0 aromatic rings. The Balaban J connectivity index is 2.28. The predicted octanol–water partition coefficient (Wildman–Crippen LogP) is 1.72. The maximum absolute atomic E-state index is 3.44. The SMILES string of the molecule is CCNC[C@@H]1CCN(C(C)(C)C)C1. The highest BCUT2D eigenvalue weighted by atomic mass is 15.2. The molecule has 1 rings (SSSR count). The van der Waals surface area contributed by atoms with E-state index in [-0.39, 0.29) is 0 Å². The fourth-order valence-corrected chi connectivity index (χ4v) is 1.96. The number of hydrogen-bond donors (Lipinski definition) is 1. The van der Waals surface area contributed by atoms with E-state index >= 15 is 0 Å². The van der Waals surface area contributed by atoms with Gasteiger partial charge in [0.15, 0.2) is 0 Å². The Morgan fingerprint density at radius 2 is 2.08 bits per heavy atom. The van der Waals surface area contributed by atoms with Crippen LogP contribution in [0.1, 0.15) is 34.1 Å². The Bertz CT molecular complexity index is 149. The summed E-state index contributed by atoms with van der Waals surface area (Å²) in [4.78, 5) is 2.59. The number of hydrogen-bond acceptors (Lipinski definition) is 2.